The molecule has 0 spiro atoms. The summed E-state index contributed by atoms with van der Waals surface area (Å²) in [5.41, 5.74) is 7.83. The molecular formula is C14H19N3S. The Balaban J connectivity index is 1.63. The fourth-order valence-corrected chi connectivity index (χ4v) is 2.56. The van der Waals surface area contributed by atoms with Crippen LogP contribution in [-0.4, -0.2) is 11.5 Å². The fourth-order valence-electron chi connectivity index (χ4n) is 1.80. The number of aromatic nitrogens is 1. The van der Waals surface area contributed by atoms with Gasteiger partial charge in [0, 0.05) is 23.3 Å². The van der Waals surface area contributed by atoms with Gasteiger partial charge in [-0.2, -0.15) is 0 Å². The number of hydrogen-bond donors (Lipinski definition) is 2. The van der Waals surface area contributed by atoms with Crippen molar-refractivity contribution in [3.63, 3.8) is 0 Å². The second-order valence-electron chi connectivity index (χ2n) is 4.37. The molecule has 1 aromatic carbocycles. The maximum atomic E-state index is 5.65. The zero-order chi connectivity index (χ0) is 12.8. The molecule has 0 aliphatic carbocycles. The largest absolute Gasteiger partial charge is 0.399 e. The number of nitrogen functional groups attached to an aromatic ring is 1. The van der Waals surface area contributed by atoms with Crippen LogP contribution in [0.15, 0.2) is 30.5 Å². The lowest BCUT2D eigenvalue weighted by molar-refractivity contribution is 0.654. The summed E-state index contributed by atoms with van der Waals surface area (Å²) in [4.78, 5) is 5.54. The summed E-state index contributed by atoms with van der Waals surface area (Å²) in [5, 5.41) is 4.58. The highest BCUT2D eigenvalue weighted by molar-refractivity contribution is 7.11. The van der Waals surface area contributed by atoms with Crippen molar-refractivity contribution in [2.45, 2.75) is 26.3 Å². The Hall–Kier alpha value is -1.39. The Kier molecular flexibility index (Phi) is 4.73. The minimum absolute atomic E-state index is 0.831. The maximum Gasteiger partial charge on any atom is 0.0897 e. The van der Waals surface area contributed by atoms with Gasteiger partial charge in [-0.15, -0.1) is 11.3 Å². The number of aryl methyl sites for hydroxylation is 2. The average Bonchev–Trinajstić information content (AvgIpc) is 2.77. The van der Waals surface area contributed by atoms with Gasteiger partial charge in [0.05, 0.1) is 5.01 Å². The zero-order valence-electron chi connectivity index (χ0n) is 10.6. The van der Waals surface area contributed by atoms with Crippen molar-refractivity contribution in [1.29, 1.82) is 0 Å². The van der Waals surface area contributed by atoms with E-state index in [0.717, 1.165) is 36.6 Å². The molecule has 3 nitrogen and oxygen atoms in total. The molecule has 0 radical (unpaired) electrons. The number of hydrogen-bond acceptors (Lipinski definition) is 4. The van der Waals surface area contributed by atoms with E-state index in [1.165, 1.54) is 10.4 Å². The molecule has 0 aliphatic heterocycles. The van der Waals surface area contributed by atoms with Crippen LogP contribution >= 0.6 is 11.3 Å². The van der Waals surface area contributed by atoms with E-state index in [4.69, 9.17) is 5.73 Å². The maximum absolute atomic E-state index is 5.65. The van der Waals surface area contributed by atoms with Crippen molar-refractivity contribution in [2.24, 2.45) is 0 Å². The topological polar surface area (TPSA) is 50.9 Å². The first-order valence-electron chi connectivity index (χ1n) is 6.20. The number of nitrogens with zero attached hydrogens (tertiary/aromatic N) is 1. The van der Waals surface area contributed by atoms with E-state index in [1.54, 1.807) is 11.3 Å². The first-order valence-corrected chi connectivity index (χ1v) is 7.02. The molecule has 1 aromatic heterocycles. The second-order valence-corrected chi connectivity index (χ2v) is 5.69. The number of nitrogens with one attached hydrogen (secondary N) is 1. The highest BCUT2D eigenvalue weighted by atomic mass is 32.1. The molecular weight excluding hydrogens is 242 g/mol. The van der Waals surface area contributed by atoms with E-state index in [2.05, 4.69) is 22.4 Å². The van der Waals surface area contributed by atoms with Gasteiger partial charge in [0.2, 0.25) is 0 Å². The van der Waals surface area contributed by atoms with Gasteiger partial charge in [-0.3, -0.25) is 0 Å². The van der Waals surface area contributed by atoms with Crippen molar-refractivity contribution in [2.75, 3.05) is 12.3 Å². The first kappa shape index (κ1) is 13.1. The molecule has 0 unspecified atom stereocenters. The third-order valence-electron chi connectivity index (χ3n) is 2.77. The smallest absolute Gasteiger partial charge is 0.0897 e. The highest BCUT2D eigenvalue weighted by Crippen LogP contribution is 2.11. The summed E-state index contributed by atoms with van der Waals surface area (Å²) in [6.07, 6.45) is 4.18. The quantitative estimate of drug-likeness (QED) is 0.621. The Bertz CT molecular complexity index is 476. The molecule has 3 N–H and O–H groups in total. The van der Waals surface area contributed by atoms with Crippen LogP contribution in [0.2, 0.25) is 0 Å². The van der Waals surface area contributed by atoms with E-state index in [1.807, 2.05) is 25.3 Å². The molecule has 0 amide bonds. The summed E-state index contributed by atoms with van der Waals surface area (Å²) in [6.45, 7) is 3.99. The molecule has 0 saturated carbocycles. The molecule has 0 fully saturated rings. The van der Waals surface area contributed by atoms with Gasteiger partial charge < -0.3 is 11.1 Å². The van der Waals surface area contributed by atoms with Gasteiger partial charge in [0.15, 0.2) is 0 Å². The molecule has 0 saturated heterocycles. The van der Waals surface area contributed by atoms with Crippen molar-refractivity contribution in [3.05, 3.63) is 45.9 Å². The van der Waals surface area contributed by atoms with E-state index in [9.17, 15) is 0 Å². The lowest BCUT2D eigenvalue weighted by Gasteiger charge is -2.03. The van der Waals surface area contributed by atoms with Gasteiger partial charge in [0.1, 0.15) is 0 Å². The Morgan fingerprint density at radius 3 is 2.72 bits per heavy atom. The van der Waals surface area contributed by atoms with Gasteiger partial charge in [-0.05, 0) is 44.0 Å². The Morgan fingerprint density at radius 2 is 2.06 bits per heavy atom. The van der Waals surface area contributed by atoms with E-state index < -0.39 is 0 Å². The highest BCUT2D eigenvalue weighted by Gasteiger charge is 1.97. The van der Waals surface area contributed by atoms with Crippen molar-refractivity contribution in [1.82, 2.24) is 10.3 Å². The van der Waals surface area contributed by atoms with E-state index in [0.29, 0.717) is 0 Å². The fraction of sp³-hybridized carbons (Fsp3) is 0.357. The van der Waals surface area contributed by atoms with Crippen LogP contribution in [0.5, 0.6) is 0 Å². The Labute approximate surface area is 112 Å². The third kappa shape index (κ3) is 4.13. The lowest BCUT2D eigenvalue weighted by Crippen LogP contribution is -2.14. The summed E-state index contributed by atoms with van der Waals surface area (Å²) in [5.74, 6) is 0. The second kappa shape index (κ2) is 6.52. The van der Waals surface area contributed by atoms with Crippen LogP contribution in [-0.2, 0) is 13.0 Å². The third-order valence-corrected chi connectivity index (χ3v) is 3.68. The minimum Gasteiger partial charge on any atom is -0.399 e. The normalized spacial score (nSPS) is 10.7. The van der Waals surface area contributed by atoms with Crippen molar-refractivity contribution < 1.29 is 0 Å². The standard InChI is InChI=1S/C14H19N3S/c1-11-17-10-14(18-11)9-16-8-2-3-12-4-6-13(15)7-5-12/h4-7,10,16H,2-3,8-9,15H2,1H3. The minimum atomic E-state index is 0.831. The number of thiazole rings is 1. The van der Waals surface area contributed by atoms with Crippen molar-refractivity contribution >= 4 is 17.0 Å². The lowest BCUT2D eigenvalue weighted by atomic mass is 10.1. The molecule has 4 heteroatoms. The molecule has 0 atom stereocenters. The average molecular weight is 261 g/mol. The van der Waals surface area contributed by atoms with Gasteiger partial charge in [-0.1, -0.05) is 12.1 Å². The summed E-state index contributed by atoms with van der Waals surface area (Å²) in [7, 11) is 0. The molecule has 0 bridgehead atoms. The molecule has 96 valence electrons. The number of benzene rings is 1. The predicted octanol–water partition coefficient (Wildman–Crippen LogP) is 2.76. The number of nitrogens with two attached hydrogens (primary N) is 1. The summed E-state index contributed by atoms with van der Waals surface area (Å²) < 4.78 is 0. The van der Waals surface area contributed by atoms with Crippen LogP contribution in [0, 0.1) is 6.92 Å². The summed E-state index contributed by atoms with van der Waals surface area (Å²) in [6, 6.07) is 8.12. The molecule has 2 aromatic rings. The Morgan fingerprint density at radius 1 is 1.28 bits per heavy atom. The van der Waals surface area contributed by atoms with E-state index >= 15 is 0 Å². The van der Waals surface area contributed by atoms with Crippen LogP contribution < -0.4 is 11.1 Å². The summed E-state index contributed by atoms with van der Waals surface area (Å²) >= 11 is 1.76. The van der Waals surface area contributed by atoms with Crippen LogP contribution in [0.1, 0.15) is 21.9 Å². The number of anilines is 1. The molecule has 1 heterocycles. The van der Waals surface area contributed by atoms with Crippen LogP contribution in [0.4, 0.5) is 5.69 Å². The SMILES string of the molecule is Cc1ncc(CNCCCc2ccc(N)cc2)s1. The van der Waals surface area contributed by atoms with Crippen LogP contribution in [0.3, 0.4) is 0 Å². The monoisotopic (exact) mass is 261 g/mol. The number of rotatable bonds is 6. The zero-order valence-corrected chi connectivity index (χ0v) is 11.5. The first-order chi connectivity index (χ1) is 8.74. The van der Waals surface area contributed by atoms with Crippen molar-refractivity contribution in [3.8, 4) is 0 Å². The van der Waals surface area contributed by atoms with Gasteiger partial charge in [-0.25, -0.2) is 4.98 Å². The van der Waals surface area contributed by atoms with Gasteiger partial charge in [0.25, 0.3) is 0 Å². The van der Waals surface area contributed by atoms with Gasteiger partial charge >= 0.3 is 0 Å². The molecule has 0 aliphatic rings. The molecule has 2 rings (SSSR count). The van der Waals surface area contributed by atoms with Crippen LogP contribution in [0.25, 0.3) is 0 Å². The predicted molar refractivity (Wildman–Crippen MR) is 77.7 cm³/mol. The van der Waals surface area contributed by atoms with E-state index in [-0.39, 0.29) is 0 Å². The molecule has 18 heavy (non-hydrogen) atoms.